The number of thioether (sulfide) groups is 1. The zero-order valence-corrected chi connectivity index (χ0v) is 14.1. The highest BCUT2D eigenvalue weighted by molar-refractivity contribution is 9.10. The molecule has 2 aromatic rings. The minimum absolute atomic E-state index is 0.0876. The van der Waals surface area contributed by atoms with Crippen molar-refractivity contribution in [3.05, 3.63) is 56.1 Å². The molecule has 0 aliphatic heterocycles. The number of halogens is 2. The Balaban J connectivity index is 1.91. The van der Waals surface area contributed by atoms with Gasteiger partial charge in [0.2, 0.25) is 5.91 Å². The zero-order chi connectivity index (χ0) is 16.1. The number of hydrogen-bond donors (Lipinski definition) is 1. The van der Waals surface area contributed by atoms with Crippen molar-refractivity contribution in [3.8, 4) is 0 Å². The van der Waals surface area contributed by atoms with Gasteiger partial charge in [-0.2, -0.15) is 0 Å². The van der Waals surface area contributed by atoms with Crippen LogP contribution in [0.1, 0.15) is 0 Å². The molecule has 0 fully saturated rings. The van der Waals surface area contributed by atoms with Crippen LogP contribution >= 0.6 is 39.3 Å². The van der Waals surface area contributed by atoms with E-state index in [-0.39, 0.29) is 17.3 Å². The first-order chi connectivity index (χ1) is 10.5. The predicted octanol–water partition coefficient (Wildman–Crippen LogP) is 4.14. The van der Waals surface area contributed by atoms with E-state index in [2.05, 4.69) is 26.2 Å². The van der Waals surface area contributed by atoms with E-state index < -0.39 is 4.92 Å². The zero-order valence-electron chi connectivity index (χ0n) is 11.0. The second kappa shape index (κ2) is 7.57. The Labute approximate surface area is 143 Å². The van der Waals surface area contributed by atoms with Crippen LogP contribution in [0.5, 0.6) is 0 Å². The first-order valence-corrected chi connectivity index (χ1v) is 8.09. The molecule has 0 aliphatic carbocycles. The van der Waals surface area contributed by atoms with Crippen molar-refractivity contribution in [1.29, 1.82) is 0 Å². The van der Waals surface area contributed by atoms with E-state index in [1.165, 1.54) is 23.9 Å². The van der Waals surface area contributed by atoms with Crippen molar-refractivity contribution >= 4 is 56.6 Å². The van der Waals surface area contributed by atoms with Crippen LogP contribution < -0.4 is 5.32 Å². The summed E-state index contributed by atoms with van der Waals surface area (Å²) in [7, 11) is 0. The third kappa shape index (κ3) is 4.69. The Bertz CT molecular complexity index is 712. The van der Waals surface area contributed by atoms with Crippen molar-refractivity contribution in [2.75, 3.05) is 11.1 Å². The van der Waals surface area contributed by atoms with E-state index in [9.17, 15) is 14.9 Å². The van der Waals surface area contributed by atoms with Gasteiger partial charge in [0.1, 0.15) is 6.20 Å². The van der Waals surface area contributed by atoms with Crippen molar-refractivity contribution in [2.45, 2.75) is 5.03 Å². The van der Waals surface area contributed by atoms with E-state index in [1.807, 2.05) is 0 Å². The van der Waals surface area contributed by atoms with Crippen LogP contribution in [-0.4, -0.2) is 21.6 Å². The molecule has 0 spiro atoms. The Hall–Kier alpha value is -1.64. The van der Waals surface area contributed by atoms with Crippen LogP contribution in [0.2, 0.25) is 5.02 Å². The second-order valence-corrected chi connectivity index (χ2v) is 6.39. The Kier molecular flexibility index (Phi) is 5.76. The van der Waals surface area contributed by atoms with Gasteiger partial charge in [-0.3, -0.25) is 14.9 Å². The fourth-order valence-electron chi connectivity index (χ4n) is 1.48. The molecule has 0 unspecified atom stereocenters. The molecule has 0 radical (unpaired) electrons. The van der Waals surface area contributed by atoms with Gasteiger partial charge in [0.15, 0.2) is 0 Å². The van der Waals surface area contributed by atoms with Crippen molar-refractivity contribution in [2.24, 2.45) is 0 Å². The summed E-state index contributed by atoms with van der Waals surface area (Å²) in [6.45, 7) is 0. The number of carbonyl (C=O) groups excluding carboxylic acids is 1. The molecule has 0 saturated heterocycles. The first kappa shape index (κ1) is 16.7. The normalized spacial score (nSPS) is 10.3. The molecule has 1 aromatic heterocycles. The van der Waals surface area contributed by atoms with Gasteiger partial charge in [0.05, 0.1) is 26.4 Å². The first-order valence-electron chi connectivity index (χ1n) is 5.94. The molecule has 1 heterocycles. The highest BCUT2D eigenvalue weighted by Gasteiger charge is 2.09. The molecule has 0 bridgehead atoms. The molecule has 0 saturated carbocycles. The molecule has 2 rings (SSSR count). The number of benzene rings is 1. The Morgan fingerprint density at radius 3 is 2.77 bits per heavy atom. The van der Waals surface area contributed by atoms with E-state index in [0.29, 0.717) is 15.7 Å². The molecule has 1 N–H and O–H groups in total. The topological polar surface area (TPSA) is 85.1 Å². The number of anilines is 1. The van der Waals surface area contributed by atoms with E-state index in [4.69, 9.17) is 11.6 Å². The maximum Gasteiger partial charge on any atom is 0.287 e. The summed E-state index contributed by atoms with van der Waals surface area (Å²) in [5.74, 6) is -0.119. The lowest BCUT2D eigenvalue weighted by molar-refractivity contribution is -0.385. The van der Waals surface area contributed by atoms with E-state index >= 15 is 0 Å². The lowest BCUT2D eigenvalue weighted by atomic mass is 10.3. The van der Waals surface area contributed by atoms with Crippen LogP contribution in [0, 0.1) is 10.1 Å². The molecule has 1 amide bonds. The van der Waals surface area contributed by atoms with Crippen molar-refractivity contribution in [3.63, 3.8) is 0 Å². The third-order valence-corrected chi connectivity index (χ3v) is 4.24. The largest absolute Gasteiger partial charge is 0.324 e. The second-order valence-electron chi connectivity index (χ2n) is 4.07. The Morgan fingerprint density at radius 2 is 2.18 bits per heavy atom. The summed E-state index contributed by atoms with van der Waals surface area (Å²) < 4.78 is 0.819. The minimum atomic E-state index is -0.524. The van der Waals surface area contributed by atoms with Gasteiger partial charge in [-0.1, -0.05) is 39.3 Å². The van der Waals surface area contributed by atoms with Crippen molar-refractivity contribution in [1.82, 2.24) is 4.98 Å². The number of carbonyl (C=O) groups is 1. The number of hydrogen-bond acceptors (Lipinski definition) is 5. The van der Waals surface area contributed by atoms with Crippen LogP contribution in [0.4, 0.5) is 11.4 Å². The highest BCUT2D eigenvalue weighted by Crippen LogP contribution is 2.26. The van der Waals surface area contributed by atoms with Gasteiger partial charge in [0, 0.05) is 10.5 Å². The fourth-order valence-corrected chi connectivity index (χ4v) is 2.85. The lowest BCUT2D eigenvalue weighted by Crippen LogP contribution is -2.14. The van der Waals surface area contributed by atoms with Gasteiger partial charge in [0.25, 0.3) is 5.69 Å². The minimum Gasteiger partial charge on any atom is -0.324 e. The molecule has 114 valence electrons. The van der Waals surface area contributed by atoms with Crippen LogP contribution in [-0.2, 0) is 4.79 Å². The SMILES string of the molecule is O=C(CSc1ccc([N+](=O)[O-])cn1)Nc1ccc(Br)cc1Cl. The van der Waals surface area contributed by atoms with Gasteiger partial charge in [-0.15, -0.1) is 0 Å². The number of rotatable bonds is 5. The maximum atomic E-state index is 11.9. The highest BCUT2D eigenvalue weighted by atomic mass is 79.9. The number of amides is 1. The van der Waals surface area contributed by atoms with Gasteiger partial charge in [-0.25, -0.2) is 4.98 Å². The maximum absolute atomic E-state index is 11.9. The summed E-state index contributed by atoms with van der Waals surface area (Å²) in [5, 5.41) is 14.2. The summed E-state index contributed by atoms with van der Waals surface area (Å²) in [4.78, 5) is 25.8. The van der Waals surface area contributed by atoms with Crippen LogP contribution in [0.25, 0.3) is 0 Å². The molecule has 22 heavy (non-hydrogen) atoms. The van der Waals surface area contributed by atoms with Gasteiger partial charge in [-0.05, 0) is 24.3 Å². The molecule has 1 aromatic carbocycles. The number of aromatic nitrogens is 1. The third-order valence-electron chi connectivity index (χ3n) is 2.49. The molecular formula is C13H9BrClN3O3S. The predicted molar refractivity (Wildman–Crippen MR) is 89.4 cm³/mol. The standard InChI is InChI=1S/C13H9BrClN3O3S/c14-8-1-3-11(10(15)5-8)17-12(19)7-22-13-4-2-9(6-16-13)18(20)21/h1-6H,7H2,(H,17,19). The monoisotopic (exact) mass is 401 g/mol. The van der Waals surface area contributed by atoms with Crippen molar-refractivity contribution < 1.29 is 9.72 Å². The Morgan fingerprint density at radius 1 is 1.41 bits per heavy atom. The summed E-state index contributed by atoms with van der Waals surface area (Å²) in [5.41, 5.74) is 0.433. The average molecular weight is 403 g/mol. The molecule has 9 heteroatoms. The van der Waals surface area contributed by atoms with E-state index in [0.717, 1.165) is 10.7 Å². The fraction of sp³-hybridized carbons (Fsp3) is 0.0769. The smallest absolute Gasteiger partial charge is 0.287 e. The summed E-state index contributed by atoms with van der Waals surface area (Å²) in [6, 6.07) is 8.00. The number of nitro groups is 1. The van der Waals surface area contributed by atoms with Gasteiger partial charge >= 0.3 is 0 Å². The van der Waals surface area contributed by atoms with Gasteiger partial charge < -0.3 is 5.32 Å². The quantitative estimate of drug-likeness (QED) is 0.461. The molecule has 0 aliphatic rings. The summed E-state index contributed by atoms with van der Waals surface area (Å²) in [6.07, 6.45) is 1.16. The van der Waals surface area contributed by atoms with Crippen LogP contribution in [0.15, 0.2) is 46.0 Å². The number of nitrogens with one attached hydrogen (secondary N) is 1. The molecule has 0 atom stereocenters. The lowest BCUT2D eigenvalue weighted by Gasteiger charge is -2.07. The number of pyridine rings is 1. The molecular weight excluding hydrogens is 394 g/mol. The average Bonchev–Trinajstić information content (AvgIpc) is 2.48. The summed E-state index contributed by atoms with van der Waals surface area (Å²) >= 11 is 10.5. The molecule has 6 nitrogen and oxygen atoms in total. The number of nitrogens with zero attached hydrogens (tertiary/aromatic N) is 2. The van der Waals surface area contributed by atoms with E-state index in [1.54, 1.807) is 18.2 Å². The van der Waals surface area contributed by atoms with Crippen LogP contribution in [0.3, 0.4) is 0 Å².